The third kappa shape index (κ3) is 8.26. The zero-order valence-electron chi connectivity index (χ0n) is 25.3. The number of amidine groups is 1. The second-order valence-electron chi connectivity index (χ2n) is 12.9. The molecular weight excluding hydrogens is 496 g/mol. The van der Waals surface area contributed by atoms with Gasteiger partial charge in [-0.05, 0) is 118 Å². The Morgan fingerprint density at radius 3 is 2.28 bits per heavy atom. The van der Waals surface area contributed by atoms with Crippen LogP contribution in [-0.2, 0) is 15.9 Å². The monoisotopic (exact) mass is 544 g/mol. The first-order valence-corrected chi connectivity index (χ1v) is 14.2. The summed E-state index contributed by atoms with van der Waals surface area (Å²) in [5.41, 5.74) is 7.83. The van der Waals surface area contributed by atoms with Crippen LogP contribution in [0.3, 0.4) is 0 Å². The van der Waals surface area contributed by atoms with Crippen molar-refractivity contribution in [2.45, 2.75) is 124 Å². The first-order valence-electron chi connectivity index (χ1n) is 14.2. The first-order chi connectivity index (χ1) is 18.1. The number of benzene rings is 1. The highest BCUT2D eigenvalue weighted by molar-refractivity contribution is 5.90. The van der Waals surface area contributed by atoms with E-state index in [2.05, 4.69) is 11.1 Å². The Kier molecular flexibility index (Phi) is 9.44. The van der Waals surface area contributed by atoms with Gasteiger partial charge in [0.2, 0.25) is 0 Å². The van der Waals surface area contributed by atoms with Crippen LogP contribution >= 0.6 is 0 Å². The summed E-state index contributed by atoms with van der Waals surface area (Å²) in [6, 6.07) is 3.94. The lowest BCUT2D eigenvalue weighted by atomic mass is 9.86. The Labute approximate surface area is 234 Å². The van der Waals surface area contributed by atoms with Gasteiger partial charge in [-0.25, -0.2) is 14.6 Å². The van der Waals surface area contributed by atoms with Gasteiger partial charge in [0.25, 0.3) is 0 Å². The van der Waals surface area contributed by atoms with Gasteiger partial charge in [0.05, 0.1) is 6.04 Å². The average molecular weight is 545 g/mol. The zero-order valence-corrected chi connectivity index (χ0v) is 25.3. The molecule has 1 aliphatic heterocycles. The molecule has 9 nitrogen and oxygen atoms in total. The molecule has 2 atom stereocenters. The molecule has 2 unspecified atom stereocenters. The van der Waals surface area contributed by atoms with E-state index in [1.807, 2.05) is 73.3 Å². The molecule has 39 heavy (non-hydrogen) atoms. The smallest absolute Gasteiger partial charge is 0.410 e. The maximum atomic E-state index is 13.5. The maximum absolute atomic E-state index is 13.5. The Morgan fingerprint density at radius 2 is 1.67 bits per heavy atom. The fourth-order valence-corrected chi connectivity index (χ4v) is 4.92. The predicted octanol–water partition coefficient (Wildman–Crippen LogP) is 6.50. The van der Waals surface area contributed by atoms with Crippen molar-refractivity contribution in [3.63, 3.8) is 0 Å². The summed E-state index contributed by atoms with van der Waals surface area (Å²) in [4.78, 5) is 34.4. The molecule has 2 aliphatic rings. The second kappa shape index (κ2) is 12.0. The largest absolute Gasteiger partial charge is 0.481 e. The van der Waals surface area contributed by atoms with Crippen molar-refractivity contribution in [3.8, 4) is 5.75 Å². The molecule has 218 valence electrons. The van der Waals surface area contributed by atoms with Gasteiger partial charge in [-0.3, -0.25) is 0 Å². The van der Waals surface area contributed by atoms with E-state index in [1.54, 1.807) is 4.90 Å². The van der Waals surface area contributed by atoms with Crippen LogP contribution in [0.15, 0.2) is 17.1 Å². The maximum Gasteiger partial charge on any atom is 0.410 e. The molecule has 0 bridgehead atoms. The summed E-state index contributed by atoms with van der Waals surface area (Å²) in [6.07, 6.45) is 3.23. The molecule has 3 rings (SSSR count). The van der Waals surface area contributed by atoms with Crippen molar-refractivity contribution in [2.24, 2.45) is 10.7 Å². The molecule has 9 heteroatoms. The minimum Gasteiger partial charge on any atom is -0.481 e. The number of amides is 2. The van der Waals surface area contributed by atoms with E-state index in [0.29, 0.717) is 31.0 Å². The van der Waals surface area contributed by atoms with Crippen molar-refractivity contribution >= 4 is 23.7 Å². The van der Waals surface area contributed by atoms with Crippen LogP contribution in [0.5, 0.6) is 5.75 Å². The van der Waals surface area contributed by atoms with Crippen LogP contribution < -0.4 is 10.5 Å². The summed E-state index contributed by atoms with van der Waals surface area (Å²) in [7, 11) is 0. The highest BCUT2D eigenvalue weighted by Gasteiger charge is 2.34. The summed E-state index contributed by atoms with van der Waals surface area (Å²) < 4.78 is 17.4. The van der Waals surface area contributed by atoms with Gasteiger partial charge in [-0.1, -0.05) is 0 Å². The van der Waals surface area contributed by atoms with Gasteiger partial charge in [0, 0.05) is 19.1 Å². The number of carbonyl (C=O) groups excluding carboxylic acids is 2. The van der Waals surface area contributed by atoms with Gasteiger partial charge in [0.1, 0.15) is 28.5 Å². The number of aryl methyl sites for hydroxylation is 1. The summed E-state index contributed by atoms with van der Waals surface area (Å²) >= 11 is 0. The van der Waals surface area contributed by atoms with E-state index < -0.39 is 11.2 Å². The molecule has 1 aromatic carbocycles. The molecule has 0 spiro atoms. The lowest BCUT2D eigenvalue weighted by Gasteiger charge is -2.38. The molecular formula is C30H48N4O5. The number of unbranched alkanes of at least 4 members (excludes halogenated alkanes) is 1. The normalized spacial score (nSPS) is 18.9. The van der Waals surface area contributed by atoms with Gasteiger partial charge in [0.15, 0.2) is 6.10 Å². The fourth-order valence-electron chi connectivity index (χ4n) is 4.92. The van der Waals surface area contributed by atoms with E-state index in [9.17, 15) is 9.59 Å². The molecule has 1 aliphatic carbocycles. The molecule has 0 radical (unpaired) electrons. The minimum atomic E-state index is -0.615. The van der Waals surface area contributed by atoms with Crippen molar-refractivity contribution in [2.75, 3.05) is 13.1 Å². The zero-order chi connectivity index (χ0) is 29.1. The SMILES string of the molecule is CC1Oc2cc3c(cc2N=C1N)C(N(CCCCN(C(=O)OC(C)(C)C)C(C)C)C(=O)OC(C)(C)C)CCC3. The molecule has 0 aromatic heterocycles. The van der Waals surface area contributed by atoms with Gasteiger partial charge >= 0.3 is 12.2 Å². The van der Waals surface area contributed by atoms with Crippen LogP contribution in [0.2, 0.25) is 0 Å². The van der Waals surface area contributed by atoms with Crippen molar-refractivity contribution in [1.29, 1.82) is 0 Å². The Balaban J connectivity index is 1.80. The molecule has 1 heterocycles. The minimum absolute atomic E-state index is 0.0103. The molecule has 0 saturated heterocycles. The van der Waals surface area contributed by atoms with Crippen molar-refractivity contribution < 1.29 is 23.8 Å². The third-order valence-electron chi connectivity index (χ3n) is 6.78. The lowest BCUT2D eigenvalue weighted by Crippen LogP contribution is -2.42. The number of rotatable bonds is 7. The van der Waals surface area contributed by atoms with Crippen LogP contribution in [0, 0.1) is 0 Å². The van der Waals surface area contributed by atoms with Crippen LogP contribution in [0.4, 0.5) is 15.3 Å². The van der Waals surface area contributed by atoms with Gasteiger partial charge in [-0.15, -0.1) is 0 Å². The topological polar surface area (TPSA) is 107 Å². The number of hydrogen-bond donors (Lipinski definition) is 1. The van der Waals surface area contributed by atoms with Gasteiger partial charge < -0.3 is 29.7 Å². The number of aliphatic imine (C=N–C) groups is 1. The highest BCUT2D eigenvalue weighted by atomic mass is 16.6. The number of hydrogen-bond acceptors (Lipinski definition) is 7. The van der Waals surface area contributed by atoms with E-state index in [1.165, 1.54) is 0 Å². The highest BCUT2D eigenvalue weighted by Crippen LogP contribution is 2.42. The fraction of sp³-hybridized carbons (Fsp3) is 0.700. The van der Waals surface area contributed by atoms with E-state index in [4.69, 9.17) is 19.9 Å². The van der Waals surface area contributed by atoms with Gasteiger partial charge in [-0.2, -0.15) is 0 Å². The molecule has 0 saturated carbocycles. The third-order valence-corrected chi connectivity index (χ3v) is 6.78. The number of ether oxygens (including phenoxy) is 3. The molecule has 1 aromatic rings. The Morgan fingerprint density at radius 1 is 1.05 bits per heavy atom. The first kappa shape index (κ1) is 30.6. The predicted molar refractivity (Wildman–Crippen MR) is 154 cm³/mol. The quantitative estimate of drug-likeness (QED) is 0.393. The van der Waals surface area contributed by atoms with E-state index in [0.717, 1.165) is 42.6 Å². The average Bonchev–Trinajstić information content (AvgIpc) is 2.78. The number of nitrogens with two attached hydrogens (primary N) is 1. The van der Waals surface area contributed by atoms with Crippen molar-refractivity contribution in [3.05, 3.63) is 23.3 Å². The van der Waals surface area contributed by atoms with Crippen molar-refractivity contribution in [1.82, 2.24) is 9.80 Å². The summed E-state index contributed by atoms with van der Waals surface area (Å²) in [5, 5.41) is 0. The Bertz CT molecular complexity index is 1070. The molecule has 0 fully saturated rings. The second-order valence-corrected chi connectivity index (χ2v) is 12.9. The van der Waals surface area contributed by atoms with Crippen LogP contribution in [0.25, 0.3) is 0 Å². The number of carbonyl (C=O) groups is 2. The summed E-state index contributed by atoms with van der Waals surface area (Å²) in [6.45, 7) is 18.2. The lowest BCUT2D eigenvalue weighted by molar-refractivity contribution is 0.0111. The molecule has 2 amide bonds. The van der Waals surface area contributed by atoms with E-state index >= 15 is 0 Å². The number of fused-ring (bicyclic) bond motifs is 2. The molecule has 2 N–H and O–H groups in total. The van der Waals surface area contributed by atoms with Crippen LogP contribution in [-0.4, -0.2) is 64.3 Å². The number of nitrogens with zero attached hydrogens (tertiary/aromatic N) is 3. The summed E-state index contributed by atoms with van der Waals surface area (Å²) in [5.74, 6) is 1.18. The van der Waals surface area contributed by atoms with Crippen LogP contribution in [0.1, 0.15) is 105 Å². The standard InChI is InChI=1S/C30H48N4O5/c1-19(2)33(27(35)38-29(4,5)6)15-10-11-16-34(28(36)39-30(7,8)9)24-14-12-13-21-17-25-23(18-22(21)24)32-26(31)20(3)37-25/h17-20,24H,10-16H2,1-9H3,(H2,31,32). The van der Waals surface area contributed by atoms with E-state index in [-0.39, 0.29) is 30.4 Å². The Hall–Kier alpha value is -2.97.